The molecule has 3 aromatic heterocycles. The molecule has 3 heterocycles. The first-order valence-corrected chi connectivity index (χ1v) is 8.00. The molecule has 3 rings (SSSR count). The Morgan fingerprint density at radius 2 is 1.75 bits per heavy atom. The summed E-state index contributed by atoms with van der Waals surface area (Å²) in [5, 5.41) is 7.19. The van der Waals surface area contributed by atoms with Gasteiger partial charge in [0.25, 0.3) is 5.89 Å². The fourth-order valence-electron chi connectivity index (χ4n) is 2.41. The molecule has 0 atom stereocenters. The zero-order valence-electron chi connectivity index (χ0n) is 14.3. The number of pyridine rings is 1. The molecule has 0 saturated carbocycles. The first kappa shape index (κ1) is 16.0. The average molecular weight is 324 g/mol. The van der Waals surface area contributed by atoms with Crippen molar-refractivity contribution in [1.82, 2.24) is 25.1 Å². The van der Waals surface area contributed by atoms with E-state index in [1.165, 1.54) is 0 Å². The standard InChI is InChI=1S/C17H20N6O/c1-5-13-9-12(7-10(3)19-13)15-22-16(24-23-15)14-8-11(4)20-17(21-14)18-6-2/h7-9H,5-6H2,1-4H3,(H,18,20,21). The van der Waals surface area contributed by atoms with Crippen LogP contribution in [0.5, 0.6) is 0 Å². The first-order valence-electron chi connectivity index (χ1n) is 8.00. The number of nitrogens with one attached hydrogen (secondary N) is 1. The van der Waals surface area contributed by atoms with Crippen LogP contribution in [0.25, 0.3) is 23.0 Å². The quantitative estimate of drug-likeness (QED) is 0.770. The highest BCUT2D eigenvalue weighted by Gasteiger charge is 2.14. The van der Waals surface area contributed by atoms with Gasteiger partial charge >= 0.3 is 0 Å². The summed E-state index contributed by atoms with van der Waals surface area (Å²) in [6.45, 7) is 8.67. The fraction of sp³-hybridized carbons (Fsp3) is 0.353. The summed E-state index contributed by atoms with van der Waals surface area (Å²) in [5.41, 5.74) is 4.28. The Balaban J connectivity index is 1.98. The highest BCUT2D eigenvalue weighted by atomic mass is 16.5. The molecule has 0 fully saturated rings. The monoisotopic (exact) mass is 324 g/mol. The molecule has 0 saturated heterocycles. The molecule has 0 aliphatic carbocycles. The minimum Gasteiger partial charge on any atom is -0.354 e. The number of hydrogen-bond donors (Lipinski definition) is 1. The van der Waals surface area contributed by atoms with Crippen LogP contribution in [0.4, 0.5) is 5.95 Å². The number of anilines is 1. The second kappa shape index (κ2) is 6.74. The van der Waals surface area contributed by atoms with Gasteiger partial charge in [-0.2, -0.15) is 4.98 Å². The topological polar surface area (TPSA) is 89.6 Å². The van der Waals surface area contributed by atoms with Crippen LogP contribution in [-0.2, 0) is 6.42 Å². The molecule has 0 amide bonds. The molecule has 0 aliphatic rings. The normalized spacial score (nSPS) is 10.8. The van der Waals surface area contributed by atoms with Crippen molar-refractivity contribution >= 4 is 5.95 Å². The first-order chi connectivity index (χ1) is 11.6. The SMILES string of the molecule is CCNc1nc(C)cc(-c2nc(-c3cc(C)nc(CC)c3)no2)n1. The number of aromatic nitrogens is 5. The van der Waals surface area contributed by atoms with Gasteiger partial charge in [0.1, 0.15) is 5.69 Å². The molecular weight excluding hydrogens is 304 g/mol. The second-order valence-corrected chi connectivity index (χ2v) is 5.51. The molecule has 124 valence electrons. The number of rotatable bonds is 5. The summed E-state index contributed by atoms with van der Waals surface area (Å²) >= 11 is 0. The molecule has 7 heteroatoms. The molecule has 1 N–H and O–H groups in total. The zero-order chi connectivity index (χ0) is 17.1. The highest BCUT2D eigenvalue weighted by Crippen LogP contribution is 2.23. The third-order valence-corrected chi connectivity index (χ3v) is 3.46. The van der Waals surface area contributed by atoms with Gasteiger partial charge in [0.15, 0.2) is 0 Å². The van der Waals surface area contributed by atoms with Crippen LogP contribution in [0, 0.1) is 13.8 Å². The minimum absolute atomic E-state index is 0.377. The minimum atomic E-state index is 0.377. The summed E-state index contributed by atoms with van der Waals surface area (Å²) in [6.07, 6.45) is 0.858. The van der Waals surface area contributed by atoms with E-state index in [-0.39, 0.29) is 0 Å². The van der Waals surface area contributed by atoms with Crippen LogP contribution in [0.3, 0.4) is 0 Å². The maximum Gasteiger partial charge on any atom is 0.277 e. The second-order valence-electron chi connectivity index (χ2n) is 5.51. The Bertz CT molecular complexity index is 858. The summed E-state index contributed by atoms with van der Waals surface area (Å²) in [7, 11) is 0. The largest absolute Gasteiger partial charge is 0.354 e. The Hall–Kier alpha value is -2.83. The van der Waals surface area contributed by atoms with Crippen molar-refractivity contribution in [1.29, 1.82) is 0 Å². The Morgan fingerprint density at radius 3 is 2.50 bits per heavy atom. The van der Waals surface area contributed by atoms with E-state index in [1.807, 2.05) is 39.0 Å². The molecule has 3 aromatic rings. The van der Waals surface area contributed by atoms with E-state index < -0.39 is 0 Å². The average Bonchev–Trinajstić information content (AvgIpc) is 3.04. The lowest BCUT2D eigenvalue weighted by atomic mass is 10.1. The van der Waals surface area contributed by atoms with Crippen molar-refractivity contribution in [2.45, 2.75) is 34.1 Å². The van der Waals surface area contributed by atoms with E-state index in [0.29, 0.717) is 23.4 Å². The van der Waals surface area contributed by atoms with E-state index in [1.54, 1.807) is 0 Å². The van der Waals surface area contributed by atoms with Crippen molar-refractivity contribution < 1.29 is 4.52 Å². The van der Waals surface area contributed by atoms with Crippen LogP contribution in [0.1, 0.15) is 30.9 Å². The van der Waals surface area contributed by atoms with E-state index in [4.69, 9.17) is 4.52 Å². The van der Waals surface area contributed by atoms with Crippen molar-refractivity contribution in [2.75, 3.05) is 11.9 Å². The van der Waals surface area contributed by atoms with E-state index in [2.05, 4.69) is 37.3 Å². The molecule has 0 bridgehead atoms. The van der Waals surface area contributed by atoms with Gasteiger partial charge in [0.2, 0.25) is 11.8 Å². The molecule has 24 heavy (non-hydrogen) atoms. The van der Waals surface area contributed by atoms with Gasteiger partial charge < -0.3 is 9.84 Å². The van der Waals surface area contributed by atoms with E-state index >= 15 is 0 Å². The number of hydrogen-bond acceptors (Lipinski definition) is 7. The van der Waals surface area contributed by atoms with E-state index in [9.17, 15) is 0 Å². The van der Waals surface area contributed by atoms with E-state index in [0.717, 1.165) is 35.6 Å². The zero-order valence-corrected chi connectivity index (χ0v) is 14.3. The van der Waals surface area contributed by atoms with Gasteiger partial charge in [-0.25, -0.2) is 9.97 Å². The van der Waals surface area contributed by atoms with Crippen LogP contribution >= 0.6 is 0 Å². The van der Waals surface area contributed by atoms with Crippen LogP contribution in [-0.4, -0.2) is 31.6 Å². The summed E-state index contributed by atoms with van der Waals surface area (Å²) in [4.78, 5) is 17.7. The van der Waals surface area contributed by atoms with Crippen LogP contribution in [0.15, 0.2) is 22.7 Å². The molecule has 0 spiro atoms. The summed E-state index contributed by atoms with van der Waals surface area (Å²) in [5.74, 6) is 1.47. The Labute approximate surface area is 140 Å². The van der Waals surface area contributed by atoms with Gasteiger partial charge in [-0.15, -0.1) is 0 Å². The molecule has 0 radical (unpaired) electrons. The smallest absolute Gasteiger partial charge is 0.277 e. The van der Waals surface area contributed by atoms with Crippen molar-refractivity contribution in [3.8, 4) is 23.0 Å². The van der Waals surface area contributed by atoms with Crippen molar-refractivity contribution in [2.24, 2.45) is 0 Å². The molecule has 0 aliphatic heterocycles. The fourth-order valence-corrected chi connectivity index (χ4v) is 2.41. The van der Waals surface area contributed by atoms with Gasteiger partial charge in [0, 0.05) is 29.2 Å². The van der Waals surface area contributed by atoms with Gasteiger partial charge in [-0.1, -0.05) is 12.1 Å². The van der Waals surface area contributed by atoms with Crippen LogP contribution in [0.2, 0.25) is 0 Å². The number of aryl methyl sites for hydroxylation is 3. The summed E-state index contributed by atoms with van der Waals surface area (Å²) in [6, 6.07) is 5.76. The third kappa shape index (κ3) is 3.40. The Kier molecular flexibility index (Phi) is 4.50. The van der Waals surface area contributed by atoms with Gasteiger partial charge in [-0.05, 0) is 45.4 Å². The lowest BCUT2D eigenvalue weighted by molar-refractivity contribution is 0.431. The van der Waals surface area contributed by atoms with Crippen molar-refractivity contribution in [3.63, 3.8) is 0 Å². The highest BCUT2D eigenvalue weighted by molar-refractivity contribution is 5.59. The molecule has 7 nitrogen and oxygen atoms in total. The van der Waals surface area contributed by atoms with Gasteiger partial charge in [-0.3, -0.25) is 4.98 Å². The van der Waals surface area contributed by atoms with Crippen LogP contribution < -0.4 is 5.32 Å². The lowest BCUT2D eigenvalue weighted by Gasteiger charge is -2.03. The van der Waals surface area contributed by atoms with Crippen molar-refractivity contribution in [3.05, 3.63) is 35.3 Å². The Morgan fingerprint density at radius 1 is 0.958 bits per heavy atom. The third-order valence-electron chi connectivity index (χ3n) is 3.46. The molecule has 0 unspecified atom stereocenters. The maximum absolute atomic E-state index is 5.41. The number of nitrogens with zero attached hydrogens (tertiary/aromatic N) is 5. The lowest BCUT2D eigenvalue weighted by Crippen LogP contribution is -2.03. The predicted molar refractivity (Wildman–Crippen MR) is 91.6 cm³/mol. The predicted octanol–water partition coefficient (Wildman–Crippen LogP) is 3.20. The summed E-state index contributed by atoms with van der Waals surface area (Å²) < 4.78 is 5.41. The molecule has 0 aromatic carbocycles. The molecular formula is C17H20N6O. The van der Waals surface area contributed by atoms with Gasteiger partial charge in [0.05, 0.1) is 0 Å². The maximum atomic E-state index is 5.41.